The van der Waals surface area contributed by atoms with E-state index in [1.54, 1.807) is 49.9 Å². The molecular formula is C52H45BN10O6Ru+2. The summed E-state index contributed by atoms with van der Waals surface area (Å²) in [5.41, 5.74) is 6.36. The number of imide groups is 2. The second-order valence-corrected chi connectivity index (χ2v) is 15.7. The van der Waals surface area contributed by atoms with Gasteiger partial charge in [-0.3, -0.25) is 63.7 Å². The maximum Gasteiger partial charge on any atom is 2.00 e. The molecule has 18 heteroatoms. The van der Waals surface area contributed by atoms with E-state index in [1.807, 2.05) is 91.0 Å². The third-order valence-electron chi connectivity index (χ3n) is 11.0. The molecule has 2 aliphatic rings. The molecule has 0 saturated heterocycles. The third-order valence-corrected chi connectivity index (χ3v) is 11.0. The molecule has 0 saturated carbocycles. The summed E-state index contributed by atoms with van der Waals surface area (Å²) in [6, 6.07) is 38.1. The molecule has 0 unspecified atom stereocenters. The number of hydrogen-bond donors (Lipinski definition) is 3. The van der Waals surface area contributed by atoms with Crippen LogP contribution < -0.4 is 10.5 Å². The number of amides is 5. The molecule has 6 aromatic heterocycles. The molecule has 2 aliphatic heterocycles. The van der Waals surface area contributed by atoms with Gasteiger partial charge in [0.2, 0.25) is 0 Å². The van der Waals surface area contributed by atoms with Crippen molar-refractivity contribution in [1.29, 1.82) is 0 Å². The van der Waals surface area contributed by atoms with Crippen LogP contribution in [-0.2, 0) is 19.5 Å². The van der Waals surface area contributed by atoms with E-state index in [2.05, 4.69) is 40.4 Å². The van der Waals surface area contributed by atoms with Crippen LogP contribution in [0.3, 0.4) is 0 Å². The first-order valence-electron chi connectivity index (χ1n) is 22.2. The SMILES string of the molecule is CB(O)NCCCN1C(=O)c2ccc3c4c(ccc(c24)C1=O)C(=O)N(CCCNC(=O)c1ccc(-c2ccccn2)nc1)C3=O.[Ru+2].c1ccc(-c2ccccn2)nc1.c1ccc(-c2ccccn2)nc1. The molecule has 0 radical (unpaired) electrons. The Morgan fingerprint density at radius 1 is 0.486 bits per heavy atom. The number of benzene rings is 2. The standard InChI is InChI=1S/C32H29BN6O6.2C10H8N2.Ru/c1-33(45)37-15-5-17-39-31(43)22-10-8-20-26-21(9-11-23(27(22)26)32(39)44)30(42)38(29(20)41)16-4-14-35-28(40)19-7-12-25(36-18-19)24-6-2-3-13-34-24;2*1-3-7-11-9(5-1)10-6-2-4-8-12-10;/h2-3,6-13,18,37,45H,4-5,14-17H2,1H3,(H,35,40);2*1-8H;/q;;;+2. The summed E-state index contributed by atoms with van der Waals surface area (Å²) in [6.45, 7) is 2.42. The Balaban J connectivity index is 0.000000233. The first kappa shape index (κ1) is 49.9. The number of carbonyl (C=O) groups is 5. The van der Waals surface area contributed by atoms with Crippen molar-refractivity contribution >= 4 is 47.4 Å². The smallest absolute Gasteiger partial charge is 0.437 e. The summed E-state index contributed by atoms with van der Waals surface area (Å²) in [6.07, 6.45) is 11.0. The minimum absolute atomic E-state index is 0. The van der Waals surface area contributed by atoms with Gasteiger partial charge in [-0.1, -0.05) is 30.3 Å². The molecule has 10 rings (SSSR count). The number of hydrogen-bond acceptors (Lipinski definition) is 13. The van der Waals surface area contributed by atoms with E-state index in [9.17, 15) is 29.0 Å². The molecule has 2 aromatic carbocycles. The Labute approximate surface area is 416 Å². The van der Waals surface area contributed by atoms with Crippen LogP contribution in [0.25, 0.3) is 44.9 Å². The van der Waals surface area contributed by atoms with E-state index in [0.29, 0.717) is 47.1 Å². The van der Waals surface area contributed by atoms with Crippen molar-refractivity contribution in [2.24, 2.45) is 0 Å². The van der Waals surface area contributed by atoms with E-state index >= 15 is 0 Å². The van der Waals surface area contributed by atoms with Gasteiger partial charge >= 0.3 is 26.5 Å². The third kappa shape index (κ3) is 11.6. The maximum atomic E-state index is 13.5. The van der Waals surface area contributed by atoms with Crippen molar-refractivity contribution in [1.82, 2.24) is 50.2 Å². The summed E-state index contributed by atoms with van der Waals surface area (Å²) < 4.78 is 0. The van der Waals surface area contributed by atoms with E-state index in [4.69, 9.17) is 0 Å². The van der Waals surface area contributed by atoms with Gasteiger partial charge in [-0.05, 0) is 123 Å². The van der Waals surface area contributed by atoms with Crippen molar-refractivity contribution in [3.8, 4) is 34.2 Å². The van der Waals surface area contributed by atoms with Crippen LogP contribution in [-0.4, -0.2) is 107 Å². The maximum absolute atomic E-state index is 13.5. The van der Waals surface area contributed by atoms with Crippen LogP contribution in [0.5, 0.6) is 0 Å². The molecule has 8 heterocycles. The fraction of sp³-hybridized carbons (Fsp3) is 0.135. The Morgan fingerprint density at radius 2 is 0.829 bits per heavy atom. The van der Waals surface area contributed by atoms with Crippen molar-refractivity contribution in [2.75, 3.05) is 26.2 Å². The fourth-order valence-corrected chi connectivity index (χ4v) is 7.72. The largest absolute Gasteiger partial charge is 2.00 e. The van der Waals surface area contributed by atoms with Gasteiger partial charge in [-0.25, -0.2) is 0 Å². The number of pyridine rings is 6. The predicted octanol–water partition coefficient (Wildman–Crippen LogP) is 6.68. The fourth-order valence-electron chi connectivity index (χ4n) is 7.72. The van der Waals surface area contributed by atoms with Gasteiger partial charge in [0.1, 0.15) is 0 Å². The summed E-state index contributed by atoms with van der Waals surface area (Å²) in [5.74, 6) is -2.37. The first-order chi connectivity index (χ1) is 33.7. The number of nitrogens with one attached hydrogen (secondary N) is 2. The van der Waals surface area contributed by atoms with Gasteiger partial charge in [-0.15, -0.1) is 0 Å². The Bertz CT molecular complexity index is 2870. The van der Waals surface area contributed by atoms with Crippen LogP contribution in [0.2, 0.25) is 6.82 Å². The van der Waals surface area contributed by atoms with Gasteiger partial charge < -0.3 is 15.6 Å². The Hall–Kier alpha value is -8.04. The van der Waals surface area contributed by atoms with E-state index in [-0.39, 0.29) is 67.3 Å². The number of aromatic nitrogens is 6. The topological polar surface area (TPSA) is 213 Å². The number of carbonyl (C=O) groups excluding carboxylic acids is 5. The zero-order valence-electron chi connectivity index (χ0n) is 37.8. The van der Waals surface area contributed by atoms with Gasteiger partial charge in [0.15, 0.2) is 0 Å². The van der Waals surface area contributed by atoms with Crippen molar-refractivity contribution in [2.45, 2.75) is 19.7 Å². The quantitative estimate of drug-likeness (QED) is 0.0625. The summed E-state index contributed by atoms with van der Waals surface area (Å²) in [4.78, 5) is 93.9. The molecule has 0 atom stereocenters. The number of rotatable bonds is 13. The van der Waals surface area contributed by atoms with E-state index in [1.165, 1.54) is 30.5 Å². The molecular weight excluding hydrogens is 973 g/mol. The van der Waals surface area contributed by atoms with Crippen LogP contribution in [0.4, 0.5) is 0 Å². The number of nitrogens with zero attached hydrogens (tertiary/aromatic N) is 8. The van der Waals surface area contributed by atoms with Gasteiger partial charge in [0.05, 0.1) is 39.7 Å². The minimum Gasteiger partial charge on any atom is -0.437 e. The Kier molecular flexibility index (Phi) is 16.9. The van der Waals surface area contributed by atoms with Gasteiger partial charge in [0, 0.05) is 89.8 Å². The molecule has 348 valence electrons. The molecule has 70 heavy (non-hydrogen) atoms. The normalized spacial score (nSPS) is 12.3. The van der Waals surface area contributed by atoms with Gasteiger partial charge in [-0.2, -0.15) is 0 Å². The van der Waals surface area contributed by atoms with Crippen molar-refractivity contribution in [3.05, 3.63) is 192 Å². The van der Waals surface area contributed by atoms with E-state index < -0.39 is 30.7 Å². The van der Waals surface area contributed by atoms with Crippen LogP contribution in [0.1, 0.15) is 64.6 Å². The monoisotopic (exact) mass is 1020 g/mol. The second kappa shape index (κ2) is 23.8. The van der Waals surface area contributed by atoms with Gasteiger partial charge in [0.25, 0.3) is 29.5 Å². The Morgan fingerprint density at radius 3 is 1.13 bits per heavy atom. The molecule has 3 N–H and O–H groups in total. The molecule has 5 amide bonds. The zero-order chi connectivity index (χ0) is 48.1. The summed E-state index contributed by atoms with van der Waals surface area (Å²) in [5, 5.41) is 15.6. The second-order valence-electron chi connectivity index (χ2n) is 15.7. The van der Waals surface area contributed by atoms with Crippen LogP contribution in [0, 0.1) is 0 Å². The zero-order valence-corrected chi connectivity index (χ0v) is 39.6. The van der Waals surface area contributed by atoms with Crippen molar-refractivity contribution < 1.29 is 48.5 Å². The molecule has 0 aliphatic carbocycles. The predicted molar refractivity (Wildman–Crippen MR) is 260 cm³/mol. The molecule has 0 bridgehead atoms. The average molecular weight is 1020 g/mol. The van der Waals surface area contributed by atoms with Crippen LogP contribution in [0.15, 0.2) is 165 Å². The van der Waals surface area contributed by atoms with E-state index in [0.717, 1.165) is 32.6 Å². The molecule has 0 fully saturated rings. The molecule has 0 spiro atoms. The molecule has 16 nitrogen and oxygen atoms in total. The molecule has 8 aromatic rings. The average Bonchev–Trinajstić information content (AvgIpc) is 3.40. The first-order valence-corrected chi connectivity index (χ1v) is 22.2. The van der Waals surface area contributed by atoms with Crippen LogP contribution >= 0.6 is 0 Å². The minimum atomic E-state index is -0.706. The summed E-state index contributed by atoms with van der Waals surface area (Å²) in [7, 11) is -0.706. The summed E-state index contributed by atoms with van der Waals surface area (Å²) >= 11 is 0. The van der Waals surface area contributed by atoms with Crippen molar-refractivity contribution in [3.63, 3.8) is 0 Å².